The lowest BCUT2D eigenvalue weighted by atomic mass is 10.2. The van der Waals surface area contributed by atoms with Gasteiger partial charge in [0.25, 0.3) is 5.91 Å². The Bertz CT molecular complexity index is 1150. The molecule has 7 heteroatoms. The van der Waals surface area contributed by atoms with E-state index in [-0.39, 0.29) is 12.5 Å². The summed E-state index contributed by atoms with van der Waals surface area (Å²) in [4.78, 5) is 16.7. The van der Waals surface area contributed by atoms with Crippen molar-refractivity contribution < 1.29 is 18.0 Å². The number of nitrogens with one attached hydrogen (secondary N) is 1. The number of fused-ring (bicyclic) bond motifs is 1. The highest BCUT2D eigenvalue weighted by atomic mass is 19.2. The van der Waals surface area contributed by atoms with Crippen molar-refractivity contribution in [1.29, 1.82) is 0 Å². The second kappa shape index (κ2) is 7.26. The molecule has 0 aliphatic heterocycles. The van der Waals surface area contributed by atoms with Gasteiger partial charge in [-0.2, -0.15) is 0 Å². The Morgan fingerprint density at radius 3 is 2.61 bits per heavy atom. The van der Waals surface area contributed by atoms with Crippen molar-refractivity contribution in [3.8, 4) is 0 Å². The van der Waals surface area contributed by atoms with Crippen LogP contribution >= 0.6 is 0 Å². The van der Waals surface area contributed by atoms with Crippen molar-refractivity contribution in [1.82, 2.24) is 14.9 Å². The molecule has 0 radical (unpaired) electrons. The molecule has 4 aromatic rings. The van der Waals surface area contributed by atoms with Crippen molar-refractivity contribution in [3.63, 3.8) is 0 Å². The average Bonchev–Trinajstić information content (AvgIpc) is 3.20. The molecule has 1 amide bonds. The monoisotopic (exact) mass is 381 g/mol. The number of amides is 1. The largest absolute Gasteiger partial charge is 0.460 e. The van der Waals surface area contributed by atoms with E-state index >= 15 is 0 Å². The van der Waals surface area contributed by atoms with E-state index in [1.165, 1.54) is 6.07 Å². The third-order valence-electron chi connectivity index (χ3n) is 4.47. The highest BCUT2D eigenvalue weighted by Crippen LogP contribution is 2.25. The molecule has 0 saturated carbocycles. The Morgan fingerprint density at radius 2 is 1.86 bits per heavy atom. The average molecular weight is 381 g/mol. The first-order valence-corrected chi connectivity index (χ1v) is 8.72. The van der Waals surface area contributed by atoms with Gasteiger partial charge in [0.15, 0.2) is 17.2 Å². The maximum absolute atomic E-state index is 13.6. The van der Waals surface area contributed by atoms with Crippen LogP contribution in [0.25, 0.3) is 11.1 Å². The Kier molecular flexibility index (Phi) is 4.65. The number of aryl methyl sites for hydroxylation is 1. The molecule has 0 bridgehead atoms. The third-order valence-corrected chi connectivity index (χ3v) is 4.47. The number of hydrogen-bond acceptors (Lipinski definition) is 3. The first-order chi connectivity index (χ1) is 13.5. The molecule has 0 fully saturated rings. The van der Waals surface area contributed by atoms with Gasteiger partial charge >= 0.3 is 0 Å². The Morgan fingerprint density at radius 1 is 1.07 bits per heavy atom. The zero-order chi connectivity index (χ0) is 19.7. The van der Waals surface area contributed by atoms with Crippen molar-refractivity contribution in [3.05, 3.63) is 89.1 Å². The Hall–Kier alpha value is -3.48. The number of nitrogens with zero attached hydrogens (tertiary/aromatic N) is 2. The predicted molar refractivity (Wildman–Crippen MR) is 99.8 cm³/mol. The Balaban J connectivity index is 1.65. The van der Waals surface area contributed by atoms with Crippen LogP contribution in [-0.2, 0) is 13.1 Å². The van der Waals surface area contributed by atoms with Crippen LogP contribution in [0.3, 0.4) is 0 Å². The predicted octanol–water partition coefficient (Wildman–Crippen LogP) is 4.19. The fourth-order valence-electron chi connectivity index (χ4n) is 3.12. The number of furan rings is 1. The molecule has 142 valence electrons. The van der Waals surface area contributed by atoms with Crippen molar-refractivity contribution >= 4 is 17.0 Å². The van der Waals surface area contributed by atoms with Crippen LogP contribution in [0.15, 0.2) is 59.3 Å². The topological polar surface area (TPSA) is 60.1 Å². The van der Waals surface area contributed by atoms with Crippen LogP contribution in [0, 0.1) is 18.6 Å². The van der Waals surface area contributed by atoms with Crippen molar-refractivity contribution in [2.75, 3.05) is 0 Å². The molecule has 0 spiro atoms. The first-order valence-electron chi connectivity index (χ1n) is 8.72. The van der Waals surface area contributed by atoms with Crippen molar-refractivity contribution in [2.24, 2.45) is 0 Å². The van der Waals surface area contributed by atoms with Gasteiger partial charge in [-0.1, -0.05) is 6.07 Å². The van der Waals surface area contributed by atoms with Crippen LogP contribution < -0.4 is 5.32 Å². The summed E-state index contributed by atoms with van der Waals surface area (Å²) in [5, 5.41) is 2.86. The number of benzene rings is 1. The maximum atomic E-state index is 13.6. The summed E-state index contributed by atoms with van der Waals surface area (Å²) in [6.45, 7) is 2.36. The molecule has 0 aliphatic rings. The quantitative estimate of drug-likeness (QED) is 0.564. The molecule has 1 aromatic carbocycles. The number of carbonyl (C=O) groups is 1. The molecular weight excluding hydrogens is 364 g/mol. The molecular formula is C21H17F2N3O2. The molecule has 0 unspecified atom stereocenters. The highest BCUT2D eigenvalue weighted by Gasteiger charge is 2.19. The standard InChI is InChI=1S/C21H17F2N3O2/c1-13-8-18-20(28-13)10-19(21(27)25-11-14-4-6-24-7-5-14)26(18)12-15-2-3-16(22)17(23)9-15/h2-10H,11-12H2,1H3,(H,25,27). The smallest absolute Gasteiger partial charge is 0.268 e. The van der Waals surface area contributed by atoms with E-state index in [2.05, 4.69) is 10.3 Å². The Labute approximate surface area is 159 Å². The minimum Gasteiger partial charge on any atom is -0.460 e. The van der Waals surface area contributed by atoms with Gasteiger partial charge in [0.2, 0.25) is 0 Å². The summed E-state index contributed by atoms with van der Waals surface area (Å²) >= 11 is 0. The lowest BCUT2D eigenvalue weighted by molar-refractivity contribution is 0.0942. The molecule has 0 atom stereocenters. The molecule has 4 rings (SSSR count). The number of halogens is 2. The third kappa shape index (κ3) is 3.51. The molecule has 0 aliphatic carbocycles. The van der Waals surface area contributed by atoms with E-state index in [1.807, 2.05) is 25.1 Å². The van der Waals surface area contributed by atoms with E-state index in [0.717, 1.165) is 23.2 Å². The van der Waals surface area contributed by atoms with Gasteiger partial charge in [-0.3, -0.25) is 9.78 Å². The van der Waals surface area contributed by atoms with Crippen LogP contribution in [-0.4, -0.2) is 15.5 Å². The zero-order valence-corrected chi connectivity index (χ0v) is 15.1. The molecule has 3 heterocycles. The van der Waals surface area contributed by atoms with E-state index in [1.54, 1.807) is 23.0 Å². The van der Waals surface area contributed by atoms with E-state index in [4.69, 9.17) is 4.42 Å². The maximum Gasteiger partial charge on any atom is 0.268 e. The fraction of sp³-hybridized carbons (Fsp3) is 0.143. The first kappa shape index (κ1) is 17.9. The molecule has 3 aromatic heterocycles. The van der Waals surface area contributed by atoms with E-state index in [0.29, 0.717) is 29.1 Å². The normalized spacial score (nSPS) is 11.1. The van der Waals surface area contributed by atoms with Crippen LogP contribution in [0.1, 0.15) is 27.4 Å². The van der Waals surface area contributed by atoms with Gasteiger partial charge in [-0.15, -0.1) is 0 Å². The van der Waals surface area contributed by atoms with Gasteiger partial charge in [0.1, 0.15) is 11.5 Å². The minimum atomic E-state index is -0.923. The van der Waals surface area contributed by atoms with E-state index < -0.39 is 11.6 Å². The summed E-state index contributed by atoms with van der Waals surface area (Å²) in [7, 11) is 0. The van der Waals surface area contributed by atoms with Gasteiger partial charge in [-0.05, 0) is 42.3 Å². The van der Waals surface area contributed by atoms with Gasteiger partial charge in [0.05, 0.1) is 5.52 Å². The summed E-state index contributed by atoms with van der Waals surface area (Å²) in [6, 6.07) is 10.8. The minimum absolute atomic E-state index is 0.206. The number of hydrogen-bond donors (Lipinski definition) is 1. The summed E-state index contributed by atoms with van der Waals surface area (Å²) < 4.78 is 34.2. The van der Waals surface area contributed by atoms with Crippen LogP contribution in [0.5, 0.6) is 0 Å². The second-order valence-electron chi connectivity index (χ2n) is 6.51. The molecule has 5 nitrogen and oxygen atoms in total. The SMILES string of the molecule is Cc1cc2c(cc(C(=O)NCc3ccncc3)n2Cc2ccc(F)c(F)c2)o1. The van der Waals surface area contributed by atoms with Gasteiger partial charge < -0.3 is 14.3 Å². The van der Waals surface area contributed by atoms with Crippen LogP contribution in [0.4, 0.5) is 8.78 Å². The molecule has 1 N–H and O–H groups in total. The van der Waals surface area contributed by atoms with Crippen LogP contribution in [0.2, 0.25) is 0 Å². The zero-order valence-electron chi connectivity index (χ0n) is 15.1. The molecule has 28 heavy (non-hydrogen) atoms. The highest BCUT2D eigenvalue weighted by molar-refractivity contribution is 5.97. The summed E-state index contributed by atoms with van der Waals surface area (Å²) in [5.41, 5.74) is 3.12. The lowest BCUT2D eigenvalue weighted by Gasteiger charge is -2.11. The summed E-state index contributed by atoms with van der Waals surface area (Å²) in [5.74, 6) is -1.42. The number of carbonyl (C=O) groups excluding carboxylic acids is 1. The number of aromatic nitrogens is 2. The number of pyridine rings is 1. The molecule has 0 saturated heterocycles. The lowest BCUT2D eigenvalue weighted by Crippen LogP contribution is -2.25. The summed E-state index contributed by atoms with van der Waals surface area (Å²) in [6.07, 6.45) is 3.31. The second-order valence-corrected chi connectivity index (χ2v) is 6.51. The van der Waals surface area contributed by atoms with E-state index in [9.17, 15) is 13.6 Å². The number of rotatable bonds is 5. The van der Waals surface area contributed by atoms with Crippen molar-refractivity contribution in [2.45, 2.75) is 20.0 Å². The van der Waals surface area contributed by atoms with Gasteiger partial charge in [-0.25, -0.2) is 8.78 Å². The van der Waals surface area contributed by atoms with Gasteiger partial charge in [0, 0.05) is 37.6 Å². The fourth-order valence-corrected chi connectivity index (χ4v) is 3.12.